The van der Waals surface area contributed by atoms with Gasteiger partial charge in [0.1, 0.15) is 5.75 Å². The Balaban J connectivity index is 1.50. The first-order chi connectivity index (χ1) is 13.8. The van der Waals surface area contributed by atoms with E-state index in [0.717, 1.165) is 22.9 Å². The summed E-state index contributed by atoms with van der Waals surface area (Å²) < 4.78 is 40.6. The van der Waals surface area contributed by atoms with Gasteiger partial charge in [-0.1, -0.05) is 36.4 Å². The van der Waals surface area contributed by atoms with Gasteiger partial charge in [-0.3, -0.25) is 9.59 Å². The number of alkyl halides is 3. The summed E-state index contributed by atoms with van der Waals surface area (Å²) in [6.07, 6.45) is -4.85. The van der Waals surface area contributed by atoms with Crippen LogP contribution in [0, 0.1) is 0 Å². The third-order valence-electron chi connectivity index (χ3n) is 4.00. The summed E-state index contributed by atoms with van der Waals surface area (Å²) in [6.45, 7) is 0.0796. The molecule has 0 aliphatic rings. The fraction of sp³-hybridized carbons (Fsp3) is 0.143. The van der Waals surface area contributed by atoms with E-state index >= 15 is 0 Å². The molecule has 0 bridgehead atoms. The lowest BCUT2D eigenvalue weighted by Gasteiger charge is -2.11. The topological polar surface area (TPSA) is 67.4 Å². The van der Waals surface area contributed by atoms with E-state index in [4.69, 9.17) is 0 Å². The Labute approximate surface area is 164 Å². The molecular weight excluding hydrogens is 385 g/mol. The number of anilines is 1. The van der Waals surface area contributed by atoms with Crippen molar-refractivity contribution >= 4 is 28.3 Å². The largest absolute Gasteiger partial charge is 0.573 e. The lowest BCUT2D eigenvalue weighted by atomic mass is 10.1. The van der Waals surface area contributed by atoms with Gasteiger partial charge in [0.2, 0.25) is 5.91 Å². The zero-order chi connectivity index (χ0) is 20.9. The monoisotopic (exact) mass is 402 g/mol. The maximum absolute atomic E-state index is 12.3. The SMILES string of the molecule is O=C(CCNC(=O)c1ccc2ccccc2c1)Nc1cccc(OC(F)(F)F)c1. The summed E-state index contributed by atoms with van der Waals surface area (Å²) >= 11 is 0. The summed E-state index contributed by atoms with van der Waals surface area (Å²) in [7, 11) is 0. The van der Waals surface area contributed by atoms with Crippen molar-refractivity contribution in [1.29, 1.82) is 0 Å². The van der Waals surface area contributed by atoms with Gasteiger partial charge >= 0.3 is 6.36 Å². The van der Waals surface area contributed by atoms with E-state index in [9.17, 15) is 22.8 Å². The molecule has 5 nitrogen and oxygen atoms in total. The molecule has 0 heterocycles. The quantitative estimate of drug-likeness (QED) is 0.638. The maximum atomic E-state index is 12.3. The number of halogens is 3. The summed E-state index contributed by atoms with van der Waals surface area (Å²) in [4.78, 5) is 24.2. The molecule has 3 aromatic rings. The van der Waals surface area contributed by atoms with E-state index in [2.05, 4.69) is 15.4 Å². The molecule has 3 rings (SSSR count). The molecule has 0 unspecified atom stereocenters. The summed E-state index contributed by atoms with van der Waals surface area (Å²) in [5.74, 6) is -1.20. The molecule has 2 N–H and O–H groups in total. The molecule has 8 heteroatoms. The fourth-order valence-corrected chi connectivity index (χ4v) is 2.72. The standard InChI is InChI=1S/C21H17F3N2O3/c22-21(23,24)29-18-7-3-6-17(13-18)26-19(27)10-11-25-20(28)16-9-8-14-4-1-2-5-15(14)12-16/h1-9,12-13H,10-11H2,(H,25,28)(H,26,27). The Morgan fingerprint density at radius 3 is 2.41 bits per heavy atom. The molecular formula is C21H17F3N2O3. The minimum Gasteiger partial charge on any atom is -0.406 e. The average molecular weight is 402 g/mol. The number of rotatable bonds is 6. The van der Waals surface area contributed by atoms with Crippen LogP contribution < -0.4 is 15.4 Å². The van der Waals surface area contributed by atoms with Crippen LogP contribution in [0.15, 0.2) is 66.7 Å². The van der Waals surface area contributed by atoms with Crippen LogP contribution in [0.2, 0.25) is 0 Å². The molecule has 0 atom stereocenters. The fourth-order valence-electron chi connectivity index (χ4n) is 2.72. The minimum absolute atomic E-state index is 0.0380. The molecule has 0 saturated heterocycles. The van der Waals surface area contributed by atoms with Gasteiger partial charge in [0.25, 0.3) is 5.91 Å². The molecule has 0 radical (unpaired) electrons. The first kappa shape index (κ1) is 20.2. The summed E-state index contributed by atoms with van der Waals surface area (Å²) in [5.41, 5.74) is 0.638. The molecule has 150 valence electrons. The zero-order valence-electron chi connectivity index (χ0n) is 15.1. The van der Waals surface area contributed by atoms with Crippen molar-refractivity contribution in [3.63, 3.8) is 0 Å². The molecule has 0 aromatic heterocycles. The molecule has 0 fully saturated rings. The average Bonchev–Trinajstić information content (AvgIpc) is 2.66. The van der Waals surface area contributed by atoms with Crippen LogP contribution in [0.1, 0.15) is 16.8 Å². The summed E-state index contributed by atoms with van der Waals surface area (Å²) in [5, 5.41) is 7.06. The van der Waals surface area contributed by atoms with Crippen LogP contribution in [0.25, 0.3) is 10.8 Å². The molecule has 0 saturated carbocycles. The first-order valence-corrected chi connectivity index (χ1v) is 8.73. The lowest BCUT2D eigenvalue weighted by Crippen LogP contribution is -2.27. The van der Waals surface area contributed by atoms with Gasteiger partial charge in [-0.25, -0.2) is 0 Å². The third-order valence-corrected chi connectivity index (χ3v) is 4.00. The second kappa shape index (κ2) is 8.64. The van der Waals surface area contributed by atoms with Crippen LogP contribution in [0.4, 0.5) is 18.9 Å². The van der Waals surface area contributed by atoms with E-state index in [1.165, 1.54) is 12.1 Å². The second-order valence-electron chi connectivity index (χ2n) is 6.19. The van der Waals surface area contributed by atoms with Crippen LogP contribution in [-0.2, 0) is 4.79 Å². The Morgan fingerprint density at radius 1 is 0.897 bits per heavy atom. The van der Waals surface area contributed by atoms with Gasteiger partial charge in [0, 0.05) is 30.3 Å². The van der Waals surface area contributed by atoms with Gasteiger partial charge in [0.05, 0.1) is 0 Å². The van der Waals surface area contributed by atoms with Gasteiger partial charge in [-0.2, -0.15) is 0 Å². The minimum atomic E-state index is -4.81. The van der Waals surface area contributed by atoms with E-state index < -0.39 is 18.0 Å². The predicted molar refractivity (Wildman–Crippen MR) is 103 cm³/mol. The van der Waals surface area contributed by atoms with E-state index in [0.29, 0.717) is 5.56 Å². The van der Waals surface area contributed by atoms with E-state index in [-0.39, 0.29) is 24.6 Å². The van der Waals surface area contributed by atoms with Crippen molar-refractivity contribution in [3.8, 4) is 5.75 Å². The highest BCUT2D eigenvalue weighted by molar-refractivity contribution is 5.99. The van der Waals surface area contributed by atoms with Crippen molar-refractivity contribution in [2.75, 3.05) is 11.9 Å². The number of carbonyl (C=O) groups excluding carboxylic acids is 2. The Morgan fingerprint density at radius 2 is 1.66 bits per heavy atom. The number of hydrogen-bond acceptors (Lipinski definition) is 3. The number of nitrogens with one attached hydrogen (secondary N) is 2. The smallest absolute Gasteiger partial charge is 0.406 e. The van der Waals surface area contributed by atoms with Crippen LogP contribution >= 0.6 is 0 Å². The van der Waals surface area contributed by atoms with Crippen molar-refractivity contribution in [3.05, 3.63) is 72.3 Å². The van der Waals surface area contributed by atoms with Crippen molar-refractivity contribution in [1.82, 2.24) is 5.32 Å². The van der Waals surface area contributed by atoms with Gasteiger partial charge in [-0.15, -0.1) is 13.2 Å². The normalized spacial score (nSPS) is 11.1. The molecule has 0 spiro atoms. The Kier molecular flexibility index (Phi) is 6.01. The third kappa shape index (κ3) is 5.97. The van der Waals surface area contributed by atoms with Gasteiger partial charge in [0.15, 0.2) is 0 Å². The molecule has 0 aliphatic carbocycles. The number of fused-ring (bicyclic) bond motifs is 1. The van der Waals surface area contributed by atoms with E-state index in [1.54, 1.807) is 12.1 Å². The highest BCUT2D eigenvalue weighted by atomic mass is 19.4. The number of benzene rings is 3. The number of amides is 2. The first-order valence-electron chi connectivity index (χ1n) is 8.73. The number of hydrogen-bond donors (Lipinski definition) is 2. The van der Waals surface area contributed by atoms with Crippen LogP contribution in [-0.4, -0.2) is 24.7 Å². The Bertz CT molecular complexity index is 1030. The van der Waals surface area contributed by atoms with Crippen molar-refractivity contribution < 1.29 is 27.5 Å². The van der Waals surface area contributed by atoms with E-state index in [1.807, 2.05) is 30.3 Å². The summed E-state index contributed by atoms with van der Waals surface area (Å²) in [6, 6.07) is 17.9. The molecule has 0 aliphatic heterocycles. The van der Waals surface area contributed by atoms with Crippen molar-refractivity contribution in [2.45, 2.75) is 12.8 Å². The molecule has 2 amide bonds. The molecule has 29 heavy (non-hydrogen) atoms. The highest BCUT2D eigenvalue weighted by Crippen LogP contribution is 2.25. The van der Waals surface area contributed by atoms with Crippen molar-refractivity contribution in [2.24, 2.45) is 0 Å². The lowest BCUT2D eigenvalue weighted by molar-refractivity contribution is -0.274. The molecule has 3 aromatic carbocycles. The predicted octanol–water partition coefficient (Wildman–Crippen LogP) is 4.50. The second-order valence-corrected chi connectivity index (χ2v) is 6.19. The van der Waals surface area contributed by atoms with Gasteiger partial charge in [-0.05, 0) is 35.0 Å². The van der Waals surface area contributed by atoms with Crippen LogP contribution in [0.3, 0.4) is 0 Å². The van der Waals surface area contributed by atoms with Gasteiger partial charge < -0.3 is 15.4 Å². The highest BCUT2D eigenvalue weighted by Gasteiger charge is 2.31. The zero-order valence-corrected chi connectivity index (χ0v) is 15.1. The maximum Gasteiger partial charge on any atom is 0.573 e. The number of carbonyl (C=O) groups is 2. The Hall–Kier alpha value is -3.55. The number of ether oxygens (including phenoxy) is 1. The van der Waals surface area contributed by atoms with Crippen LogP contribution in [0.5, 0.6) is 5.75 Å².